The number of benzene rings is 1. The monoisotopic (exact) mass is 295 g/mol. The average molecular weight is 295 g/mol. The van der Waals surface area contributed by atoms with Crippen molar-refractivity contribution in [2.75, 3.05) is 18.6 Å². The Balaban J connectivity index is 1.99. The van der Waals surface area contributed by atoms with E-state index in [1.807, 2.05) is 18.2 Å². The van der Waals surface area contributed by atoms with Crippen molar-refractivity contribution in [3.63, 3.8) is 0 Å². The van der Waals surface area contributed by atoms with Crippen LogP contribution in [0.2, 0.25) is 0 Å². The van der Waals surface area contributed by atoms with E-state index >= 15 is 0 Å². The third-order valence-corrected chi connectivity index (χ3v) is 4.30. The molecule has 1 aromatic heterocycles. The van der Waals surface area contributed by atoms with Crippen molar-refractivity contribution in [2.24, 2.45) is 0 Å². The second-order valence-electron chi connectivity index (χ2n) is 5.01. The molecule has 1 heterocycles. The summed E-state index contributed by atoms with van der Waals surface area (Å²) in [4.78, 5) is 0. The molecule has 2 aromatic rings. The Hall–Kier alpha value is -1.33. The summed E-state index contributed by atoms with van der Waals surface area (Å²) in [5.41, 5.74) is 2.10. The predicted octanol–water partition coefficient (Wildman–Crippen LogP) is 2.52. The summed E-state index contributed by atoms with van der Waals surface area (Å²) in [5.74, 6) is 1.23. The fourth-order valence-corrected chi connectivity index (χ4v) is 2.97. The van der Waals surface area contributed by atoms with Crippen LogP contribution in [-0.4, -0.2) is 27.0 Å². The molecule has 0 aliphatic carbocycles. The molecule has 4 nitrogen and oxygen atoms in total. The van der Waals surface area contributed by atoms with Crippen molar-refractivity contribution in [1.82, 2.24) is 5.32 Å². The SMILES string of the molecule is CCc1oc2ccccc2c1CNCCCS(C)(=O)=O. The molecule has 20 heavy (non-hydrogen) atoms. The van der Waals surface area contributed by atoms with Crippen LogP contribution >= 0.6 is 0 Å². The van der Waals surface area contributed by atoms with Crippen LogP contribution in [0.1, 0.15) is 24.7 Å². The van der Waals surface area contributed by atoms with Crippen LogP contribution in [0.25, 0.3) is 11.0 Å². The number of sulfone groups is 1. The number of hydrogen-bond acceptors (Lipinski definition) is 4. The fourth-order valence-electron chi connectivity index (χ4n) is 2.30. The minimum atomic E-state index is -2.86. The van der Waals surface area contributed by atoms with Gasteiger partial charge in [-0.05, 0) is 19.0 Å². The van der Waals surface area contributed by atoms with E-state index in [4.69, 9.17) is 4.42 Å². The van der Waals surface area contributed by atoms with Gasteiger partial charge in [-0.3, -0.25) is 0 Å². The van der Waals surface area contributed by atoms with Crippen molar-refractivity contribution >= 4 is 20.8 Å². The van der Waals surface area contributed by atoms with Crippen molar-refractivity contribution in [3.8, 4) is 0 Å². The minimum absolute atomic E-state index is 0.229. The summed E-state index contributed by atoms with van der Waals surface area (Å²) in [6.45, 7) is 3.48. The summed E-state index contributed by atoms with van der Waals surface area (Å²) in [6.07, 6.45) is 2.76. The highest BCUT2D eigenvalue weighted by molar-refractivity contribution is 7.90. The van der Waals surface area contributed by atoms with E-state index in [0.29, 0.717) is 19.5 Å². The van der Waals surface area contributed by atoms with Gasteiger partial charge in [-0.15, -0.1) is 0 Å². The number of aryl methyl sites for hydroxylation is 1. The summed E-state index contributed by atoms with van der Waals surface area (Å²) < 4.78 is 27.9. The van der Waals surface area contributed by atoms with Gasteiger partial charge < -0.3 is 9.73 Å². The molecule has 2 rings (SSSR count). The summed E-state index contributed by atoms with van der Waals surface area (Å²) >= 11 is 0. The third kappa shape index (κ3) is 3.84. The molecular weight excluding hydrogens is 274 g/mol. The van der Waals surface area contributed by atoms with E-state index in [1.165, 1.54) is 11.8 Å². The largest absolute Gasteiger partial charge is 0.461 e. The molecule has 1 N–H and O–H groups in total. The first kappa shape index (κ1) is 15.1. The molecule has 0 fully saturated rings. The molecular formula is C15H21NO3S. The summed E-state index contributed by atoms with van der Waals surface area (Å²) in [5, 5.41) is 4.44. The fraction of sp³-hybridized carbons (Fsp3) is 0.467. The molecule has 0 aliphatic heterocycles. The van der Waals surface area contributed by atoms with Crippen LogP contribution in [-0.2, 0) is 22.8 Å². The third-order valence-electron chi connectivity index (χ3n) is 3.27. The zero-order valence-electron chi connectivity index (χ0n) is 12.0. The smallest absolute Gasteiger partial charge is 0.147 e. The second-order valence-corrected chi connectivity index (χ2v) is 7.27. The van der Waals surface area contributed by atoms with Crippen molar-refractivity contribution < 1.29 is 12.8 Å². The van der Waals surface area contributed by atoms with E-state index < -0.39 is 9.84 Å². The van der Waals surface area contributed by atoms with Crippen LogP contribution in [0.3, 0.4) is 0 Å². The number of para-hydroxylation sites is 1. The Morgan fingerprint density at radius 2 is 2.00 bits per heavy atom. The molecule has 0 spiro atoms. The zero-order valence-corrected chi connectivity index (χ0v) is 12.8. The first-order chi connectivity index (χ1) is 9.51. The Labute approximate surface area is 120 Å². The van der Waals surface area contributed by atoms with E-state index in [9.17, 15) is 8.42 Å². The topological polar surface area (TPSA) is 59.3 Å². The zero-order chi connectivity index (χ0) is 14.6. The molecule has 0 radical (unpaired) electrons. The lowest BCUT2D eigenvalue weighted by molar-refractivity contribution is 0.543. The van der Waals surface area contributed by atoms with Crippen LogP contribution in [0.5, 0.6) is 0 Å². The first-order valence-electron chi connectivity index (χ1n) is 6.89. The maximum atomic E-state index is 11.1. The Kier molecular flexibility index (Phi) is 4.83. The van der Waals surface area contributed by atoms with Gasteiger partial charge in [0.2, 0.25) is 0 Å². The van der Waals surface area contributed by atoms with Crippen molar-refractivity contribution in [3.05, 3.63) is 35.6 Å². The van der Waals surface area contributed by atoms with Gasteiger partial charge in [-0.25, -0.2) is 8.42 Å². The van der Waals surface area contributed by atoms with E-state index in [1.54, 1.807) is 0 Å². The van der Waals surface area contributed by atoms with Crippen LogP contribution in [0, 0.1) is 0 Å². The lowest BCUT2D eigenvalue weighted by Crippen LogP contribution is -2.18. The maximum Gasteiger partial charge on any atom is 0.147 e. The van der Waals surface area contributed by atoms with Gasteiger partial charge in [0.1, 0.15) is 21.2 Å². The van der Waals surface area contributed by atoms with Gasteiger partial charge in [0.15, 0.2) is 0 Å². The molecule has 0 atom stereocenters. The van der Waals surface area contributed by atoms with Gasteiger partial charge >= 0.3 is 0 Å². The number of nitrogens with one attached hydrogen (secondary N) is 1. The van der Waals surface area contributed by atoms with E-state index in [-0.39, 0.29) is 5.75 Å². The second kappa shape index (κ2) is 6.41. The Morgan fingerprint density at radius 3 is 2.70 bits per heavy atom. The highest BCUT2D eigenvalue weighted by Gasteiger charge is 2.11. The molecule has 0 aliphatic rings. The quantitative estimate of drug-likeness (QED) is 0.797. The Morgan fingerprint density at radius 1 is 1.25 bits per heavy atom. The van der Waals surface area contributed by atoms with Crippen LogP contribution in [0.4, 0.5) is 0 Å². The summed E-state index contributed by atoms with van der Waals surface area (Å²) in [7, 11) is -2.86. The highest BCUT2D eigenvalue weighted by atomic mass is 32.2. The van der Waals surface area contributed by atoms with Crippen LogP contribution in [0.15, 0.2) is 28.7 Å². The van der Waals surface area contributed by atoms with Gasteiger partial charge in [0, 0.05) is 30.2 Å². The number of fused-ring (bicyclic) bond motifs is 1. The van der Waals surface area contributed by atoms with E-state index in [0.717, 1.165) is 23.2 Å². The van der Waals surface area contributed by atoms with Crippen molar-refractivity contribution in [1.29, 1.82) is 0 Å². The van der Waals surface area contributed by atoms with E-state index in [2.05, 4.69) is 18.3 Å². The normalized spacial score (nSPS) is 12.1. The molecule has 1 aromatic carbocycles. The molecule has 0 saturated carbocycles. The van der Waals surface area contributed by atoms with Crippen LogP contribution < -0.4 is 5.32 Å². The van der Waals surface area contributed by atoms with Gasteiger partial charge in [0.25, 0.3) is 0 Å². The number of furan rings is 1. The number of hydrogen-bond donors (Lipinski definition) is 1. The molecule has 0 unspecified atom stereocenters. The van der Waals surface area contributed by atoms with Gasteiger partial charge in [0.05, 0.1) is 5.75 Å². The lowest BCUT2D eigenvalue weighted by atomic mass is 10.1. The average Bonchev–Trinajstić information content (AvgIpc) is 2.75. The molecule has 0 amide bonds. The first-order valence-corrected chi connectivity index (χ1v) is 8.95. The minimum Gasteiger partial charge on any atom is -0.461 e. The highest BCUT2D eigenvalue weighted by Crippen LogP contribution is 2.26. The molecule has 0 bridgehead atoms. The lowest BCUT2D eigenvalue weighted by Gasteiger charge is -2.04. The van der Waals surface area contributed by atoms with Gasteiger partial charge in [-0.2, -0.15) is 0 Å². The summed E-state index contributed by atoms with van der Waals surface area (Å²) in [6, 6.07) is 8.01. The number of rotatable bonds is 7. The molecule has 5 heteroatoms. The predicted molar refractivity (Wildman–Crippen MR) is 81.6 cm³/mol. The molecule has 110 valence electrons. The standard InChI is InChI=1S/C15H21NO3S/c1-3-14-13(11-16-9-6-10-20(2,17)18)12-7-4-5-8-15(12)19-14/h4-5,7-8,16H,3,6,9-11H2,1-2H3. The Bertz CT molecular complexity index is 673. The maximum absolute atomic E-state index is 11.1. The van der Waals surface area contributed by atoms with Gasteiger partial charge in [-0.1, -0.05) is 25.1 Å². The molecule has 0 saturated heterocycles. The van der Waals surface area contributed by atoms with Crippen molar-refractivity contribution in [2.45, 2.75) is 26.3 Å².